The van der Waals surface area contributed by atoms with Gasteiger partial charge < -0.3 is 10.1 Å². The van der Waals surface area contributed by atoms with E-state index in [9.17, 15) is 9.59 Å². The highest BCUT2D eigenvalue weighted by atomic mass is 32.1. The van der Waals surface area contributed by atoms with Crippen LogP contribution in [0.2, 0.25) is 0 Å². The van der Waals surface area contributed by atoms with Crippen LogP contribution >= 0.6 is 11.3 Å². The molecule has 0 aliphatic rings. The molecule has 4 aromatic rings. The number of benzene rings is 2. The molecular weight excluding hydrogens is 410 g/mol. The van der Waals surface area contributed by atoms with E-state index in [2.05, 4.69) is 17.2 Å². The number of nitrogens with zero attached hydrogens (tertiary/aromatic N) is 2. The molecule has 0 aliphatic carbocycles. The third kappa shape index (κ3) is 4.83. The van der Waals surface area contributed by atoms with Crippen LogP contribution in [0.15, 0.2) is 71.1 Å². The molecule has 0 radical (unpaired) electrons. The Bertz CT molecular complexity index is 1230. The lowest BCUT2D eigenvalue weighted by Gasteiger charge is -2.08. The molecule has 0 saturated heterocycles. The molecule has 7 heteroatoms. The van der Waals surface area contributed by atoms with Crippen molar-refractivity contribution in [1.29, 1.82) is 0 Å². The average Bonchev–Trinajstić information content (AvgIpc) is 3.24. The van der Waals surface area contributed by atoms with Crippen molar-refractivity contribution < 1.29 is 9.53 Å². The summed E-state index contributed by atoms with van der Waals surface area (Å²) >= 11 is 1.42. The van der Waals surface area contributed by atoms with Crippen molar-refractivity contribution in [2.24, 2.45) is 0 Å². The first kappa shape index (κ1) is 20.8. The van der Waals surface area contributed by atoms with Crippen molar-refractivity contribution in [3.63, 3.8) is 0 Å². The maximum absolute atomic E-state index is 13.1. The van der Waals surface area contributed by atoms with Crippen molar-refractivity contribution in [2.45, 2.75) is 26.4 Å². The number of carbonyl (C=O) groups excluding carboxylic acids is 1. The molecule has 0 bridgehead atoms. The Morgan fingerprint density at radius 3 is 2.65 bits per heavy atom. The van der Waals surface area contributed by atoms with Gasteiger partial charge in [-0.25, -0.2) is 4.98 Å². The molecule has 1 amide bonds. The zero-order chi connectivity index (χ0) is 21.6. The summed E-state index contributed by atoms with van der Waals surface area (Å²) in [5, 5.41) is 5.31. The molecule has 0 unspecified atom stereocenters. The van der Waals surface area contributed by atoms with Crippen LogP contribution in [-0.4, -0.2) is 22.1 Å². The number of aromatic nitrogens is 2. The van der Waals surface area contributed by atoms with E-state index in [4.69, 9.17) is 4.74 Å². The van der Waals surface area contributed by atoms with Gasteiger partial charge in [0.25, 0.3) is 5.56 Å². The molecule has 0 saturated carbocycles. The summed E-state index contributed by atoms with van der Waals surface area (Å²) in [6, 6.07) is 17.3. The van der Waals surface area contributed by atoms with Crippen LogP contribution in [0, 0.1) is 0 Å². The minimum Gasteiger partial charge on any atom is -0.494 e. The van der Waals surface area contributed by atoms with Gasteiger partial charge in [0.15, 0.2) is 0 Å². The fraction of sp³-hybridized carbons (Fsp3) is 0.208. The number of fused-ring (bicyclic) bond motifs is 1. The van der Waals surface area contributed by atoms with Crippen LogP contribution in [0.1, 0.15) is 18.9 Å². The molecular formula is C24H23N3O3S. The van der Waals surface area contributed by atoms with Crippen LogP contribution in [0.4, 0.5) is 0 Å². The minimum absolute atomic E-state index is 0.0757. The third-order valence-corrected chi connectivity index (χ3v) is 5.73. The van der Waals surface area contributed by atoms with Crippen molar-refractivity contribution in [1.82, 2.24) is 14.9 Å². The summed E-state index contributed by atoms with van der Waals surface area (Å²) in [5.74, 6) is 0.567. The van der Waals surface area contributed by atoms with Gasteiger partial charge in [-0.15, -0.1) is 11.3 Å². The molecule has 31 heavy (non-hydrogen) atoms. The average molecular weight is 434 g/mol. The van der Waals surface area contributed by atoms with E-state index in [1.807, 2.05) is 60.0 Å². The zero-order valence-electron chi connectivity index (χ0n) is 17.2. The molecule has 2 aromatic carbocycles. The van der Waals surface area contributed by atoms with Crippen molar-refractivity contribution in [2.75, 3.05) is 6.61 Å². The minimum atomic E-state index is -0.235. The highest BCUT2D eigenvalue weighted by Gasteiger charge is 2.15. The lowest BCUT2D eigenvalue weighted by Crippen LogP contribution is -2.32. The predicted molar refractivity (Wildman–Crippen MR) is 123 cm³/mol. The number of nitrogens with one attached hydrogen (secondary N) is 1. The second-order valence-corrected chi connectivity index (χ2v) is 8.00. The summed E-state index contributed by atoms with van der Waals surface area (Å²) in [7, 11) is 0. The number of hydrogen-bond donors (Lipinski definition) is 1. The van der Waals surface area contributed by atoms with E-state index in [1.54, 1.807) is 0 Å². The fourth-order valence-corrected chi connectivity index (χ4v) is 4.16. The third-order valence-electron chi connectivity index (χ3n) is 4.85. The van der Waals surface area contributed by atoms with E-state index >= 15 is 0 Å². The number of carbonyl (C=O) groups is 1. The summed E-state index contributed by atoms with van der Waals surface area (Å²) in [4.78, 5) is 30.6. The van der Waals surface area contributed by atoms with Crippen LogP contribution in [0.25, 0.3) is 21.3 Å². The fourth-order valence-electron chi connectivity index (χ4n) is 3.25. The number of hydrogen-bond acceptors (Lipinski definition) is 5. The molecule has 6 nitrogen and oxygen atoms in total. The van der Waals surface area contributed by atoms with Gasteiger partial charge in [0.2, 0.25) is 5.91 Å². The summed E-state index contributed by atoms with van der Waals surface area (Å²) in [6.07, 6.45) is 2.38. The Morgan fingerprint density at radius 1 is 1.13 bits per heavy atom. The first-order chi connectivity index (χ1) is 15.2. The highest BCUT2D eigenvalue weighted by molar-refractivity contribution is 7.17. The molecule has 0 aliphatic heterocycles. The number of amides is 1. The molecule has 0 atom stereocenters. The maximum Gasteiger partial charge on any atom is 0.263 e. The normalized spacial score (nSPS) is 10.9. The van der Waals surface area contributed by atoms with Gasteiger partial charge in [0.05, 0.1) is 18.3 Å². The monoisotopic (exact) mass is 433 g/mol. The second-order valence-electron chi connectivity index (χ2n) is 7.14. The smallest absolute Gasteiger partial charge is 0.263 e. The van der Waals surface area contributed by atoms with Gasteiger partial charge in [-0.2, -0.15) is 0 Å². The van der Waals surface area contributed by atoms with Gasteiger partial charge in [-0.05, 0) is 29.7 Å². The zero-order valence-corrected chi connectivity index (χ0v) is 18.0. The highest BCUT2D eigenvalue weighted by Crippen LogP contribution is 2.31. The topological polar surface area (TPSA) is 73.2 Å². The lowest BCUT2D eigenvalue weighted by molar-refractivity contribution is -0.121. The molecule has 1 N–H and O–H groups in total. The maximum atomic E-state index is 13.1. The Hall–Kier alpha value is -3.45. The Labute approximate surface area is 184 Å². The molecule has 0 fully saturated rings. The summed E-state index contributed by atoms with van der Waals surface area (Å²) < 4.78 is 7.00. The number of ether oxygens (including phenoxy) is 1. The molecule has 2 heterocycles. The largest absolute Gasteiger partial charge is 0.494 e. The van der Waals surface area contributed by atoms with Crippen molar-refractivity contribution in [3.8, 4) is 16.9 Å². The van der Waals surface area contributed by atoms with Crippen LogP contribution in [0.3, 0.4) is 0 Å². The predicted octanol–water partition coefficient (Wildman–Crippen LogP) is 4.23. The van der Waals surface area contributed by atoms with Gasteiger partial charge in [-0.1, -0.05) is 49.4 Å². The molecule has 2 aromatic heterocycles. The van der Waals surface area contributed by atoms with E-state index in [1.165, 1.54) is 22.2 Å². The van der Waals surface area contributed by atoms with Crippen LogP contribution in [-0.2, 0) is 17.9 Å². The van der Waals surface area contributed by atoms with E-state index < -0.39 is 0 Å². The summed E-state index contributed by atoms with van der Waals surface area (Å²) in [5.41, 5.74) is 2.52. The SMILES string of the molecule is CCCOc1ccc(-c2csc3ncn(CC(=O)NCc4ccccc4)c(=O)c23)cc1. The first-order valence-electron chi connectivity index (χ1n) is 10.2. The van der Waals surface area contributed by atoms with E-state index in [0.717, 1.165) is 28.9 Å². The van der Waals surface area contributed by atoms with E-state index in [0.29, 0.717) is 23.4 Å². The first-order valence-corrected chi connectivity index (χ1v) is 11.0. The van der Waals surface area contributed by atoms with Crippen LogP contribution in [0.5, 0.6) is 5.75 Å². The van der Waals surface area contributed by atoms with Gasteiger partial charge in [0.1, 0.15) is 17.1 Å². The summed E-state index contributed by atoms with van der Waals surface area (Å²) in [6.45, 7) is 3.07. The number of thiophene rings is 1. The van der Waals surface area contributed by atoms with Crippen molar-refractivity contribution in [3.05, 3.63) is 82.2 Å². The Balaban J connectivity index is 1.54. The van der Waals surface area contributed by atoms with E-state index in [-0.39, 0.29) is 18.0 Å². The van der Waals surface area contributed by atoms with Gasteiger partial charge in [-0.3, -0.25) is 14.2 Å². The number of rotatable bonds is 8. The Morgan fingerprint density at radius 2 is 1.90 bits per heavy atom. The lowest BCUT2D eigenvalue weighted by atomic mass is 10.1. The second kappa shape index (κ2) is 9.57. The quantitative estimate of drug-likeness (QED) is 0.451. The molecule has 158 valence electrons. The standard InChI is InChI=1S/C24H23N3O3S/c1-2-12-30-19-10-8-18(9-11-19)20-15-31-23-22(20)24(29)27(16-26-23)14-21(28)25-13-17-6-4-3-5-7-17/h3-11,15-16H,2,12-14H2,1H3,(H,25,28). The molecule has 4 rings (SSSR count). The van der Waals surface area contributed by atoms with Gasteiger partial charge >= 0.3 is 0 Å². The van der Waals surface area contributed by atoms with Gasteiger partial charge in [0, 0.05) is 17.5 Å². The van der Waals surface area contributed by atoms with Crippen molar-refractivity contribution >= 4 is 27.5 Å². The van der Waals surface area contributed by atoms with Crippen LogP contribution < -0.4 is 15.6 Å². The Kier molecular flexibility index (Phi) is 6.43. The molecule has 0 spiro atoms.